The molecule has 0 spiro atoms. The van der Waals surface area contributed by atoms with Crippen LogP contribution in [0.1, 0.15) is 19.3 Å². The summed E-state index contributed by atoms with van der Waals surface area (Å²) < 4.78 is 0. The Labute approximate surface area is 137 Å². The maximum absolute atomic E-state index is 2.12. The quantitative estimate of drug-likeness (QED) is 0.588. The molecule has 0 amide bonds. The Morgan fingerprint density at radius 1 is 0.375 bits per heavy atom. The fourth-order valence-corrected chi connectivity index (χ4v) is 1.18. The molecule has 3 aliphatic carbocycles. The molecular formula is C15H18Yb+3. The Morgan fingerprint density at radius 2 is 0.562 bits per heavy atom. The van der Waals surface area contributed by atoms with Crippen LogP contribution in [-0.4, -0.2) is 0 Å². The van der Waals surface area contributed by atoms with E-state index in [4.69, 9.17) is 0 Å². The van der Waals surface area contributed by atoms with E-state index in [0.29, 0.717) is 0 Å². The van der Waals surface area contributed by atoms with Gasteiger partial charge in [-0.2, -0.15) is 0 Å². The van der Waals surface area contributed by atoms with Crippen LogP contribution < -0.4 is 0 Å². The summed E-state index contributed by atoms with van der Waals surface area (Å²) in [7, 11) is 0. The average Bonchev–Trinajstić information content (AvgIpc) is 3.09. The molecule has 0 aromatic carbocycles. The van der Waals surface area contributed by atoms with Crippen molar-refractivity contribution in [1.29, 1.82) is 0 Å². The van der Waals surface area contributed by atoms with Crippen LogP contribution >= 0.6 is 0 Å². The molecule has 1 radical (unpaired) electrons. The Balaban J connectivity index is 0.000000205. The minimum Gasteiger partial charge on any atom is -0.0808 e. The van der Waals surface area contributed by atoms with Crippen LogP contribution in [0.5, 0.6) is 0 Å². The monoisotopic (exact) mass is 372 g/mol. The molecule has 0 atom stereocenters. The van der Waals surface area contributed by atoms with E-state index in [0.717, 1.165) is 19.3 Å². The molecule has 0 saturated heterocycles. The largest absolute Gasteiger partial charge is 3.00 e. The summed E-state index contributed by atoms with van der Waals surface area (Å²) in [6.45, 7) is 0. The van der Waals surface area contributed by atoms with Crippen LogP contribution in [0.3, 0.4) is 0 Å². The zero-order valence-electron chi connectivity index (χ0n) is 9.32. The second kappa shape index (κ2) is 13.0. The van der Waals surface area contributed by atoms with Gasteiger partial charge in [-0.15, -0.1) is 0 Å². The molecule has 0 bridgehead atoms. The summed E-state index contributed by atoms with van der Waals surface area (Å²) >= 11 is 0. The second-order valence-corrected chi connectivity index (χ2v) is 3.28. The third kappa shape index (κ3) is 10.5. The molecule has 89 valence electrons. The Bertz CT molecular complexity index is 232. The summed E-state index contributed by atoms with van der Waals surface area (Å²) in [6, 6.07) is 0. The fourth-order valence-electron chi connectivity index (χ4n) is 1.18. The molecule has 0 N–H and O–H groups in total. The molecule has 16 heavy (non-hydrogen) atoms. The van der Waals surface area contributed by atoms with Crippen LogP contribution in [0, 0.1) is 46.9 Å². The number of hydrogen-bond acceptors (Lipinski definition) is 0. The van der Waals surface area contributed by atoms with Gasteiger partial charge in [-0.3, -0.25) is 0 Å². The van der Waals surface area contributed by atoms with E-state index in [2.05, 4.69) is 72.9 Å². The minimum atomic E-state index is 0. The van der Waals surface area contributed by atoms with Crippen LogP contribution in [0.25, 0.3) is 0 Å². The number of allylic oxidation sites excluding steroid dienone is 12. The SMILES string of the molecule is C1=CCC=C1.C1=CCC=C1.C1=CCC=C1.[Yb+3]. The van der Waals surface area contributed by atoms with E-state index >= 15 is 0 Å². The van der Waals surface area contributed by atoms with Gasteiger partial charge in [0, 0.05) is 0 Å². The second-order valence-electron chi connectivity index (χ2n) is 3.28. The van der Waals surface area contributed by atoms with Gasteiger partial charge in [0.05, 0.1) is 0 Å². The van der Waals surface area contributed by atoms with E-state index in [1.54, 1.807) is 0 Å². The Morgan fingerprint density at radius 3 is 0.625 bits per heavy atom. The van der Waals surface area contributed by atoms with Gasteiger partial charge >= 0.3 is 46.9 Å². The van der Waals surface area contributed by atoms with Crippen molar-refractivity contribution in [3.8, 4) is 0 Å². The van der Waals surface area contributed by atoms with E-state index in [-0.39, 0.29) is 46.9 Å². The first-order valence-corrected chi connectivity index (χ1v) is 5.45. The smallest absolute Gasteiger partial charge is 0.0808 e. The van der Waals surface area contributed by atoms with Crippen LogP contribution in [0.2, 0.25) is 0 Å². The fraction of sp³-hybridized carbons (Fsp3) is 0.200. The molecule has 0 heterocycles. The normalized spacial score (nSPS) is 16.5. The maximum atomic E-state index is 2.12. The van der Waals surface area contributed by atoms with Gasteiger partial charge in [-0.05, 0) is 19.3 Å². The van der Waals surface area contributed by atoms with Crippen molar-refractivity contribution in [3.63, 3.8) is 0 Å². The van der Waals surface area contributed by atoms with Crippen LogP contribution in [-0.2, 0) is 0 Å². The zero-order valence-corrected chi connectivity index (χ0v) is 11.0. The molecular weight excluding hydrogens is 353 g/mol. The van der Waals surface area contributed by atoms with Gasteiger partial charge in [0.2, 0.25) is 0 Å². The summed E-state index contributed by atoms with van der Waals surface area (Å²) in [5.74, 6) is 0. The van der Waals surface area contributed by atoms with Crippen LogP contribution in [0.4, 0.5) is 0 Å². The topological polar surface area (TPSA) is 0 Å². The number of hydrogen-bond donors (Lipinski definition) is 0. The zero-order chi connectivity index (χ0) is 10.6. The maximum Gasteiger partial charge on any atom is 3.00 e. The summed E-state index contributed by atoms with van der Waals surface area (Å²) in [5, 5.41) is 0. The first-order chi connectivity index (χ1) is 7.50. The van der Waals surface area contributed by atoms with E-state index in [1.165, 1.54) is 0 Å². The van der Waals surface area contributed by atoms with Gasteiger partial charge in [0.1, 0.15) is 0 Å². The Kier molecular flexibility index (Phi) is 13.0. The molecule has 1 heteroatoms. The average molecular weight is 371 g/mol. The van der Waals surface area contributed by atoms with Crippen molar-refractivity contribution < 1.29 is 46.9 Å². The molecule has 3 rings (SSSR count). The predicted molar refractivity (Wildman–Crippen MR) is 68.7 cm³/mol. The van der Waals surface area contributed by atoms with Gasteiger partial charge in [-0.25, -0.2) is 0 Å². The van der Waals surface area contributed by atoms with Gasteiger partial charge in [-0.1, -0.05) is 72.9 Å². The Hall–Kier alpha value is -0.0405. The molecule has 0 unspecified atom stereocenters. The third-order valence-corrected chi connectivity index (χ3v) is 1.97. The van der Waals surface area contributed by atoms with Gasteiger partial charge < -0.3 is 0 Å². The first kappa shape index (κ1) is 16.0. The van der Waals surface area contributed by atoms with E-state index in [1.807, 2.05) is 0 Å². The van der Waals surface area contributed by atoms with Crippen molar-refractivity contribution in [2.45, 2.75) is 19.3 Å². The first-order valence-electron chi connectivity index (χ1n) is 5.45. The molecule has 0 nitrogen and oxygen atoms in total. The van der Waals surface area contributed by atoms with Gasteiger partial charge in [0.25, 0.3) is 0 Å². The summed E-state index contributed by atoms with van der Waals surface area (Å²) in [4.78, 5) is 0. The van der Waals surface area contributed by atoms with Crippen molar-refractivity contribution in [2.24, 2.45) is 0 Å². The summed E-state index contributed by atoms with van der Waals surface area (Å²) in [5.41, 5.74) is 0. The third-order valence-electron chi connectivity index (χ3n) is 1.97. The molecule has 3 aliphatic rings. The van der Waals surface area contributed by atoms with Crippen molar-refractivity contribution >= 4 is 0 Å². The van der Waals surface area contributed by atoms with Crippen LogP contribution in [0.15, 0.2) is 72.9 Å². The number of rotatable bonds is 0. The molecule has 0 fully saturated rings. The predicted octanol–water partition coefficient (Wildman–Crippen LogP) is 4.51. The molecule has 0 aromatic heterocycles. The van der Waals surface area contributed by atoms with Crippen molar-refractivity contribution in [1.82, 2.24) is 0 Å². The summed E-state index contributed by atoms with van der Waals surface area (Å²) in [6.07, 6.45) is 28.5. The van der Waals surface area contributed by atoms with Crippen molar-refractivity contribution in [2.75, 3.05) is 0 Å². The molecule has 0 saturated carbocycles. The van der Waals surface area contributed by atoms with Crippen molar-refractivity contribution in [3.05, 3.63) is 72.9 Å². The van der Waals surface area contributed by atoms with E-state index < -0.39 is 0 Å². The van der Waals surface area contributed by atoms with E-state index in [9.17, 15) is 0 Å². The minimum absolute atomic E-state index is 0. The van der Waals surface area contributed by atoms with Gasteiger partial charge in [0.15, 0.2) is 0 Å². The molecule has 0 aliphatic heterocycles. The standard InChI is InChI=1S/3C5H6.Yb/c3*1-2-4-5-3-1;/h3*1-4H,5H2;/q;;;+3. The molecule has 0 aromatic rings.